The number of aromatic nitrogens is 2. The first kappa shape index (κ1) is 14.1. The van der Waals surface area contributed by atoms with Crippen LogP contribution in [0.3, 0.4) is 0 Å². The zero-order valence-electron chi connectivity index (χ0n) is 12.5. The maximum Gasteiger partial charge on any atom is 0.135 e. The second kappa shape index (κ2) is 5.88. The SMILES string of the molecule is CC(C)c1nc(Cl)cc(N2CCCC3CCCCC32)n1. The summed E-state index contributed by atoms with van der Waals surface area (Å²) in [5.41, 5.74) is 0. The molecule has 110 valence electrons. The normalized spacial score (nSPS) is 26.7. The molecule has 3 nitrogen and oxygen atoms in total. The summed E-state index contributed by atoms with van der Waals surface area (Å²) in [6.07, 6.45) is 8.11. The molecule has 1 aromatic heterocycles. The van der Waals surface area contributed by atoms with Crippen LogP contribution in [0.4, 0.5) is 5.82 Å². The molecule has 3 rings (SSSR count). The number of rotatable bonds is 2. The Kier molecular flexibility index (Phi) is 4.16. The molecule has 2 fully saturated rings. The van der Waals surface area contributed by atoms with Crippen LogP contribution in [0.2, 0.25) is 5.15 Å². The van der Waals surface area contributed by atoms with Crippen molar-refractivity contribution >= 4 is 17.4 Å². The van der Waals surface area contributed by atoms with Crippen molar-refractivity contribution < 1.29 is 0 Å². The molecule has 1 aliphatic carbocycles. The lowest BCUT2D eigenvalue weighted by Crippen LogP contribution is -2.47. The van der Waals surface area contributed by atoms with Gasteiger partial charge >= 0.3 is 0 Å². The number of nitrogens with zero attached hydrogens (tertiary/aromatic N) is 3. The molecule has 1 saturated heterocycles. The minimum absolute atomic E-state index is 0.319. The summed E-state index contributed by atoms with van der Waals surface area (Å²) in [4.78, 5) is 11.6. The summed E-state index contributed by atoms with van der Waals surface area (Å²) >= 11 is 6.21. The molecular weight excluding hydrogens is 270 g/mol. The Morgan fingerprint density at radius 2 is 1.90 bits per heavy atom. The van der Waals surface area contributed by atoms with Gasteiger partial charge in [-0.05, 0) is 31.6 Å². The lowest BCUT2D eigenvalue weighted by molar-refractivity contribution is 0.242. The van der Waals surface area contributed by atoms with E-state index < -0.39 is 0 Å². The Morgan fingerprint density at radius 1 is 1.15 bits per heavy atom. The topological polar surface area (TPSA) is 29.0 Å². The van der Waals surface area contributed by atoms with E-state index in [4.69, 9.17) is 16.6 Å². The highest BCUT2D eigenvalue weighted by Crippen LogP contribution is 2.37. The van der Waals surface area contributed by atoms with Gasteiger partial charge in [-0.3, -0.25) is 0 Å². The maximum atomic E-state index is 6.21. The lowest BCUT2D eigenvalue weighted by atomic mass is 9.78. The van der Waals surface area contributed by atoms with Crippen molar-refractivity contribution in [1.82, 2.24) is 9.97 Å². The molecule has 1 saturated carbocycles. The quantitative estimate of drug-likeness (QED) is 0.756. The minimum Gasteiger partial charge on any atom is -0.353 e. The predicted molar refractivity (Wildman–Crippen MR) is 83.5 cm³/mol. The van der Waals surface area contributed by atoms with E-state index in [1.165, 1.54) is 38.5 Å². The molecule has 1 aromatic rings. The summed E-state index contributed by atoms with van der Waals surface area (Å²) in [7, 11) is 0. The Bertz CT molecular complexity index is 473. The van der Waals surface area contributed by atoms with Crippen LogP contribution in [0.25, 0.3) is 0 Å². The van der Waals surface area contributed by atoms with Gasteiger partial charge in [0.05, 0.1) is 0 Å². The van der Waals surface area contributed by atoms with Crippen molar-refractivity contribution in [3.05, 3.63) is 17.0 Å². The van der Waals surface area contributed by atoms with Crippen LogP contribution in [0, 0.1) is 5.92 Å². The summed E-state index contributed by atoms with van der Waals surface area (Å²) in [6.45, 7) is 5.36. The van der Waals surface area contributed by atoms with Crippen molar-refractivity contribution in [1.29, 1.82) is 0 Å². The summed E-state index contributed by atoms with van der Waals surface area (Å²) in [6, 6.07) is 2.62. The zero-order chi connectivity index (χ0) is 14.1. The highest BCUT2D eigenvalue weighted by atomic mass is 35.5. The third kappa shape index (κ3) is 2.78. The molecule has 2 aliphatic rings. The smallest absolute Gasteiger partial charge is 0.135 e. The predicted octanol–water partition coefficient (Wildman–Crippen LogP) is 4.41. The third-order valence-corrected chi connectivity index (χ3v) is 4.95. The second-order valence-corrected chi connectivity index (χ2v) is 6.90. The van der Waals surface area contributed by atoms with Gasteiger partial charge in [-0.15, -0.1) is 0 Å². The van der Waals surface area contributed by atoms with Gasteiger partial charge in [-0.1, -0.05) is 38.3 Å². The van der Waals surface area contributed by atoms with Crippen LogP contribution >= 0.6 is 11.6 Å². The second-order valence-electron chi connectivity index (χ2n) is 6.51. The van der Waals surface area contributed by atoms with Gasteiger partial charge in [0.2, 0.25) is 0 Å². The van der Waals surface area contributed by atoms with Crippen LogP contribution < -0.4 is 4.90 Å². The standard InChI is InChI=1S/C16H24ClN3/c1-11(2)16-18-14(17)10-15(19-16)20-9-5-7-12-6-3-4-8-13(12)20/h10-13H,3-9H2,1-2H3. The van der Waals surface area contributed by atoms with E-state index in [2.05, 4.69) is 23.7 Å². The molecular formula is C16H24ClN3. The van der Waals surface area contributed by atoms with Gasteiger partial charge in [0.1, 0.15) is 16.8 Å². The van der Waals surface area contributed by atoms with Crippen LogP contribution in [0.15, 0.2) is 6.07 Å². The van der Waals surface area contributed by atoms with E-state index in [9.17, 15) is 0 Å². The van der Waals surface area contributed by atoms with E-state index >= 15 is 0 Å². The van der Waals surface area contributed by atoms with Crippen LogP contribution in [-0.4, -0.2) is 22.6 Å². The molecule has 20 heavy (non-hydrogen) atoms. The van der Waals surface area contributed by atoms with Crippen LogP contribution in [-0.2, 0) is 0 Å². The van der Waals surface area contributed by atoms with Crippen LogP contribution in [0.5, 0.6) is 0 Å². The number of anilines is 1. The Labute approximate surface area is 126 Å². The van der Waals surface area contributed by atoms with E-state index in [0.29, 0.717) is 17.1 Å². The Hall–Kier alpha value is -0.830. The van der Waals surface area contributed by atoms with Crippen molar-refractivity contribution in [2.45, 2.75) is 64.3 Å². The summed E-state index contributed by atoms with van der Waals surface area (Å²) in [5.74, 6) is 3.09. The molecule has 0 radical (unpaired) electrons. The number of piperidine rings is 1. The molecule has 1 aliphatic heterocycles. The van der Waals surface area contributed by atoms with Crippen molar-refractivity contribution in [2.75, 3.05) is 11.4 Å². The molecule has 2 atom stereocenters. The zero-order valence-corrected chi connectivity index (χ0v) is 13.2. The van der Waals surface area contributed by atoms with Crippen molar-refractivity contribution in [3.63, 3.8) is 0 Å². The van der Waals surface area contributed by atoms with E-state index in [1.54, 1.807) is 0 Å². The maximum absolute atomic E-state index is 6.21. The van der Waals surface area contributed by atoms with Gasteiger partial charge in [0.15, 0.2) is 0 Å². The lowest BCUT2D eigenvalue weighted by Gasteiger charge is -2.44. The molecule has 0 N–H and O–H groups in total. The minimum atomic E-state index is 0.319. The average Bonchev–Trinajstić information content (AvgIpc) is 2.46. The number of hydrogen-bond acceptors (Lipinski definition) is 3. The average molecular weight is 294 g/mol. The third-order valence-electron chi connectivity index (χ3n) is 4.75. The van der Waals surface area contributed by atoms with E-state index in [-0.39, 0.29) is 0 Å². The monoisotopic (exact) mass is 293 g/mol. The fraction of sp³-hybridized carbons (Fsp3) is 0.750. The first-order valence-electron chi connectivity index (χ1n) is 7.96. The van der Waals surface area contributed by atoms with E-state index in [1.807, 2.05) is 6.07 Å². The van der Waals surface area contributed by atoms with E-state index in [0.717, 1.165) is 24.1 Å². The molecule has 0 bridgehead atoms. The fourth-order valence-corrected chi connectivity index (χ4v) is 3.92. The molecule has 2 unspecified atom stereocenters. The highest BCUT2D eigenvalue weighted by molar-refractivity contribution is 6.29. The molecule has 2 heterocycles. The number of halogens is 1. The van der Waals surface area contributed by atoms with Crippen LogP contribution in [0.1, 0.15) is 64.1 Å². The largest absolute Gasteiger partial charge is 0.353 e. The molecule has 0 amide bonds. The fourth-order valence-electron chi connectivity index (χ4n) is 3.74. The first-order chi connectivity index (χ1) is 9.65. The van der Waals surface area contributed by atoms with Crippen molar-refractivity contribution in [3.8, 4) is 0 Å². The van der Waals surface area contributed by atoms with Gasteiger partial charge in [-0.2, -0.15) is 0 Å². The Balaban J connectivity index is 1.90. The Morgan fingerprint density at radius 3 is 2.70 bits per heavy atom. The van der Waals surface area contributed by atoms with Gasteiger partial charge < -0.3 is 4.90 Å². The number of hydrogen-bond donors (Lipinski definition) is 0. The van der Waals surface area contributed by atoms with Crippen molar-refractivity contribution in [2.24, 2.45) is 5.92 Å². The van der Waals surface area contributed by atoms with Gasteiger partial charge in [-0.25, -0.2) is 9.97 Å². The molecule has 0 spiro atoms. The van der Waals surface area contributed by atoms with Gasteiger partial charge in [0, 0.05) is 24.6 Å². The molecule has 4 heteroatoms. The molecule has 0 aromatic carbocycles. The number of fused-ring (bicyclic) bond motifs is 1. The summed E-state index contributed by atoms with van der Waals surface area (Å²) < 4.78 is 0. The first-order valence-corrected chi connectivity index (χ1v) is 8.34. The summed E-state index contributed by atoms with van der Waals surface area (Å²) in [5, 5.41) is 0.580. The highest BCUT2D eigenvalue weighted by Gasteiger charge is 2.34. The van der Waals surface area contributed by atoms with Gasteiger partial charge in [0.25, 0.3) is 0 Å².